The van der Waals surface area contributed by atoms with Crippen LogP contribution >= 0.6 is 0 Å². The summed E-state index contributed by atoms with van der Waals surface area (Å²) in [5, 5.41) is 0. The van der Waals surface area contributed by atoms with Gasteiger partial charge in [0.25, 0.3) is 0 Å². The number of fused-ring (bicyclic) bond motifs is 1. The monoisotopic (exact) mass is 368 g/mol. The fourth-order valence-corrected chi connectivity index (χ4v) is 4.33. The van der Waals surface area contributed by atoms with Crippen LogP contribution < -0.4 is 4.72 Å². The molecule has 1 fully saturated rings. The normalized spacial score (nSPS) is 20.5. The van der Waals surface area contributed by atoms with Crippen molar-refractivity contribution in [3.63, 3.8) is 0 Å². The smallest absolute Gasteiger partial charge is 0.248 e. The molecule has 138 valence electrons. The topological polar surface area (TPSA) is 84.9 Å². The summed E-state index contributed by atoms with van der Waals surface area (Å²) in [6.45, 7) is 2.13. The van der Waals surface area contributed by atoms with E-state index in [-0.39, 0.29) is 23.5 Å². The van der Waals surface area contributed by atoms with E-state index >= 15 is 0 Å². The molecular formula is C17H24N2O5S. The van der Waals surface area contributed by atoms with Crippen molar-refractivity contribution < 1.29 is 22.7 Å². The van der Waals surface area contributed by atoms with Crippen LogP contribution in [-0.2, 0) is 37.3 Å². The molecule has 0 saturated carbocycles. The molecule has 0 aromatic heterocycles. The zero-order valence-corrected chi connectivity index (χ0v) is 15.2. The Labute approximate surface area is 148 Å². The highest BCUT2D eigenvalue weighted by Crippen LogP contribution is 2.23. The van der Waals surface area contributed by atoms with E-state index in [4.69, 9.17) is 9.47 Å². The molecule has 0 aliphatic carbocycles. The fraction of sp³-hybridized carbons (Fsp3) is 0.588. The number of methoxy groups -OCH3 is 1. The molecule has 1 amide bonds. The number of ether oxygens (including phenoxy) is 2. The van der Waals surface area contributed by atoms with E-state index < -0.39 is 10.0 Å². The molecule has 0 radical (unpaired) electrons. The number of sulfonamides is 1. The van der Waals surface area contributed by atoms with Crippen LogP contribution in [0.1, 0.15) is 24.0 Å². The predicted molar refractivity (Wildman–Crippen MR) is 91.6 cm³/mol. The Morgan fingerprint density at radius 3 is 2.96 bits per heavy atom. The van der Waals surface area contributed by atoms with Crippen molar-refractivity contribution in [1.82, 2.24) is 9.62 Å². The van der Waals surface area contributed by atoms with Crippen molar-refractivity contribution in [1.29, 1.82) is 0 Å². The highest BCUT2D eigenvalue weighted by Gasteiger charge is 2.24. The second-order valence-corrected chi connectivity index (χ2v) is 8.18. The minimum atomic E-state index is -3.55. The number of benzene rings is 1. The molecule has 7 nitrogen and oxygen atoms in total. The van der Waals surface area contributed by atoms with Gasteiger partial charge in [0.05, 0.1) is 11.0 Å². The van der Waals surface area contributed by atoms with Gasteiger partial charge in [-0.3, -0.25) is 4.79 Å². The van der Waals surface area contributed by atoms with Crippen molar-refractivity contribution in [3.05, 3.63) is 29.3 Å². The van der Waals surface area contributed by atoms with Crippen LogP contribution in [0.4, 0.5) is 0 Å². The highest BCUT2D eigenvalue weighted by molar-refractivity contribution is 7.89. The van der Waals surface area contributed by atoms with E-state index in [1.54, 1.807) is 23.1 Å². The lowest BCUT2D eigenvalue weighted by atomic mass is 10.00. The summed E-state index contributed by atoms with van der Waals surface area (Å²) < 4.78 is 37.9. The summed E-state index contributed by atoms with van der Waals surface area (Å²) in [6.07, 6.45) is 2.47. The second-order valence-electron chi connectivity index (χ2n) is 6.42. The van der Waals surface area contributed by atoms with Gasteiger partial charge in [-0.25, -0.2) is 13.1 Å². The molecule has 1 aromatic rings. The van der Waals surface area contributed by atoms with Gasteiger partial charge in [-0.1, -0.05) is 6.07 Å². The summed E-state index contributed by atoms with van der Waals surface area (Å²) in [6, 6.07) is 5.11. The summed E-state index contributed by atoms with van der Waals surface area (Å²) in [4.78, 5) is 13.9. The minimum Gasteiger partial charge on any atom is -0.377 e. The number of carbonyl (C=O) groups excluding carboxylic acids is 1. The molecule has 1 aromatic carbocycles. The largest absolute Gasteiger partial charge is 0.377 e. The summed E-state index contributed by atoms with van der Waals surface area (Å²) in [5.74, 6) is -0.0527. The molecule has 3 rings (SSSR count). The molecule has 25 heavy (non-hydrogen) atoms. The molecule has 0 bridgehead atoms. The van der Waals surface area contributed by atoms with Crippen LogP contribution in [0.5, 0.6) is 0 Å². The summed E-state index contributed by atoms with van der Waals surface area (Å²) in [7, 11) is -2.05. The first-order valence-corrected chi connectivity index (χ1v) is 9.97. The number of carbonyl (C=O) groups is 1. The van der Waals surface area contributed by atoms with Gasteiger partial charge in [-0.05, 0) is 42.5 Å². The highest BCUT2D eigenvalue weighted by atomic mass is 32.2. The van der Waals surface area contributed by atoms with E-state index in [1.807, 2.05) is 0 Å². The first kappa shape index (κ1) is 18.3. The molecular weight excluding hydrogens is 344 g/mol. The lowest BCUT2D eigenvalue weighted by molar-refractivity contribution is -0.136. The van der Waals surface area contributed by atoms with Gasteiger partial charge in [-0.15, -0.1) is 0 Å². The minimum absolute atomic E-state index is 0.0345. The van der Waals surface area contributed by atoms with Crippen molar-refractivity contribution in [2.75, 3.05) is 33.4 Å². The quantitative estimate of drug-likeness (QED) is 0.798. The van der Waals surface area contributed by atoms with Crippen LogP contribution in [0.2, 0.25) is 0 Å². The third-order valence-electron chi connectivity index (χ3n) is 4.65. The molecule has 0 unspecified atom stereocenters. The third kappa shape index (κ3) is 4.38. The standard InChI is InChI=1S/C17H24N2O5S/c1-23-12-17(20)19-7-6-13-9-16(5-4-14(13)11-19)25(21,22)18-10-15-3-2-8-24-15/h4-5,9,15,18H,2-3,6-8,10-12H2,1H3/t15-/m1/s1. The summed E-state index contributed by atoms with van der Waals surface area (Å²) in [5.41, 5.74) is 1.95. The Hall–Kier alpha value is -1.48. The number of nitrogens with one attached hydrogen (secondary N) is 1. The van der Waals surface area contributed by atoms with Crippen LogP contribution in [0, 0.1) is 0 Å². The molecule has 1 saturated heterocycles. The van der Waals surface area contributed by atoms with Gasteiger partial charge in [0.2, 0.25) is 15.9 Å². The van der Waals surface area contributed by atoms with E-state index in [1.165, 1.54) is 7.11 Å². The lowest BCUT2D eigenvalue weighted by Gasteiger charge is -2.29. The first-order valence-electron chi connectivity index (χ1n) is 8.49. The number of hydrogen-bond acceptors (Lipinski definition) is 5. The van der Waals surface area contributed by atoms with Gasteiger partial charge in [-0.2, -0.15) is 0 Å². The zero-order chi connectivity index (χ0) is 17.9. The Kier molecular flexibility index (Phi) is 5.73. The zero-order valence-electron chi connectivity index (χ0n) is 14.4. The molecule has 2 aliphatic rings. The third-order valence-corrected chi connectivity index (χ3v) is 6.07. The van der Waals surface area contributed by atoms with E-state index in [0.717, 1.165) is 24.0 Å². The molecule has 1 atom stereocenters. The maximum Gasteiger partial charge on any atom is 0.248 e. The number of nitrogens with zero attached hydrogens (tertiary/aromatic N) is 1. The average Bonchev–Trinajstić information content (AvgIpc) is 3.13. The molecule has 2 heterocycles. The van der Waals surface area contributed by atoms with Crippen LogP contribution in [-0.4, -0.2) is 58.7 Å². The SMILES string of the molecule is COCC(=O)N1CCc2cc(S(=O)(=O)NC[C@H]3CCCO3)ccc2C1. The van der Waals surface area contributed by atoms with Crippen LogP contribution in [0.15, 0.2) is 23.1 Å². The van der Waals surface area contributed by atoms with Crippen LogP contribution in [0.3, 0.4) is 0 Å². The Balaban J connectivity index is 1.68. The Morgan fingerprint density at radius 1 is 1.40 bits per heavy atom. The maximum absolute atomic E-state index is 12.5. The molecule has 1 N–H and O–H groups in total. The molecule has 2 aliphatic heterocycles. The molecule has 8 heteroatoms. The number of hydrogen-bond donors (Lipinski definition) is 1. The second kappa shape index (κ2) is 7.82. The van der Waals surface area contributed by atoms with Gasteiger partial charge in [0.15, 0.2) is 0 Å². The first-order chi connectivity index (χ1) is 12.0. The predicted octanol–water partition coefficient (Wildman–Crippen LogP) is 0.675. The van der Waals surface area contributed by atoms with Crippen molar-refractivity contribution in [2.24, 2.45) is 0 Å². The number of amides is 1. The fourth-order valence-electron chi connectivity index (χ4n) is 3.22. The average molecular weight is 368 g/mol. The van der Waals surface area contributed by atoms with Crippen LogP contribution in [0.25, 0.3) is 0 Å². The lowest BCUT2D eigenvalue weighted by Crippen LogP contribution is -2.38. The van der Waals surface area contributed by atoms with Crippen molar-refractivity contribution >= 4 is 15.9 Å². The maximum atomic E-state index is 12.5. The van der Waals surface area contributed by atoms with Gasteiger partial charge < -0.3 is 14.4 Å². The summed E-state index contributed by atoms with van der Waals surface area (Å²) >= 11 is 0. The van der Waals surface area contributed by atoms with Gasteiger partial charge >= 0.3 is 0 Å². The van der Waals surface area contributed by atoms with E-state index in [0.29, 0.717) is 32.7 Å². The van der Waals surface area contributed by atoms with Crippen molar-refractivity contribution in [2.45, 2.75) is 36.8 Å². The molecule has 0 spiro atoms. The Morgan fingerprint density at radius 2 is 2.24 bits per heavy atom. The van der Waals surface area contributed by atoms with Gasteiger partial charge in [0, 0.05) is 33.4 Å². The Bertz CT molecular complexity index is 729. The van der Waals surface area contributed by atoms with E-state index in [9.17, 15) is 13.2 Å². The van der Waals surface area contributed by atoms with Gasteiger partial charge in [0.1, 0.15) is 6.61 Å². The van der Waals surface area contributed by atoms with Crippen molar-refractivity contribution in [3.8, 4) is 0 Å². The van der Waals surface area contributed by atoms with E-state index in [2.05, 4.69) is 4.72 Å². The number of rotatable bonds is 6.